The minimum absolute atomic E-state index is 0.270. The number of amides is 1. The van der Waals surface area contributed by atoms with Crippen LogP contribution in [0.5, 0.6) is 0 Å². The fraction of sp³-hybridized carbons (Fsp3) is 0.412. The van der Waals surface area contributed by atoms with Gasteiger partial charge in [-0.05, 0) is 26.0 Å². The molecule has 9 heteroatoms. The molecule has 2 aromatic rings. The molecule has 3 rings (SSSR count). The molecule has 0 spiro atoms. The highest BCUT2D eigenvalue weighted by molar-refractivity contribution is 5.96. The van der Waals surface area contributed by atoms with Crippen LogP contribution in [-0.2, 0) is 14.3 Å². The Labute approximate surface area is 150 Å². The molecule has 1 saturated heterocycles. The third-order valence-corrected chi connectivity index (χ3v) is 3.85. The summed E-state index contributed by atoms with van der Waals surface area (Å²) in [5, 5.41) is 6.17. The number of esters is 1. The van der Waals surface area contributed by atoms with E-state index in [9.17, 15) is 9.59 Å². The molecule has 0 aromatic carbocycles. The van der Waals surface area contributed by atoms with Crippen LogP contribution in [0.2, 0.25) is 0 Å². The lowest BCUT2D eigenvalue weighted by Gasteiger charge is -2.27. The normalized spacial score (nSPS) is 15.4. The molecule has 1 N–H and O–H groups in total. The summed E-state index contributed by atoms with van der Waals surface area (Å²) in [6.45, 7) is 6.02. The van der Waals surface area contributed by atoms with Crippen LogP contribution in [0.4, 0.5) is 11.6 Å². The summed E-state index contributed by atoms with van der Waals surface area (Å²) in [7, 11) is 0. The second kappa shape index (κ2) is 7.96. The number of hydrogen-bond donors (Lipinski definition) is 1. The molecule has 1 fully saturated rings. The topological polar surface area (TPSA) is 107 Å². The van der Waals surface area contributed by atoms with Gasteiger partial charge in [0.05, 0.1) is 18.8 Å². The first-order valence-corrected chi connectivity index (χ1v) is 8.27. The summed E-state index contributed by atoms with van der Waals surface area (Å²) in [5.41, 5.74) is 0.277. The van der Waals surface area contributed by atoms with E-state index in [-0.39, 0.29) is 11.4 Å². The van der Waals surface area contributed by atoms with E-state index in [1.165, 1.54) is 13.1 Å². The van der Waals surface area contributed by atoms with Crippen LogP contribution >= 0.6 is 0 Å². The van der Waals surface area contributed by atoms with E-state index >= 15 is 0 Å². The van der Waals surface area contributed by atoms with Gasteiger partial charge in [-0.2, -0.15) is 0 Å². The number of aryl methyl sites for hydroxylation is 1. The maximum Gasteiger partial charge on any atom is 0.340 e. The Kier molecular flexibility index (Phi) is 5.47. The molecule has 0 bridgehead atoms. The van der Waals surface area contributed by atoms with Gasteiger partial charge in [-0.3, -0.25) is 4.79 Å². The van der Waals surface area contributed by atoms with Gasteiger partial charge in [-0.1, -0.05) is 5.16 Å². The molecule has 3 heterocycles. The Morgan fingerprint density at radius 2 is 2.08 bits per heavy atom. The van der Waals surface area contributed by atoms with Crippen LogP contribution in [-0.4, -0.2) is 54.4 Å². The van der Waals surface area contributed by atoms with Crippen molar-refractivity contribution in [1.29, 1.82) is 0 Å². The lowest BCUT2D eigenvalue weighted by Crippen LogP contribution is -2.36. The molecule has 0 saturated carbocycles. The first-order valence-electron chi connectivity index (χ1n) is 8.27. The zero-order chi connectivity index (χ0) is 18.5. The lowest BCUT2D eigenvalue weighted by molar-refractivity contribution is -0.123. The molecule has 0 unspecified atom stereocenters. The van der Waals surface area contributed by atoms with E-state index in [1.807, 2.05) is 0 Å². The number of ether oxygens (including phenoxy) is 2. The van der Waals surface area contributed by atoms with Crippen LogP contribution < -0.4 is 10.2 Å². The molecule has 1 amide bonds. The number of carbonyl (C=O) groups is 2. The number of carbonyl (C=O) groups excluding carboxylic acids is 2. The highest BCUT2D eigenvalue weighted by Crippen LogP contribution is 2.14. The number of aromatic nitrogens is 2. The third-order valence-electron chi connectivity index (χ3n) is 3.85. The monoisotopic (exact) mass is 360 g/mol. The van der Waals surface area contributed by atoms with Gasteiger partial charge in [0.2, 0.25) is 0 Å². The predicted octanol–water partition coefficient (Wildman–Crippen LogP) is 1.40. The average Bonchev–Trinajstić information content (AvgIpc) is 3.07. The zero-order valence-electron chi connectivity index (χ0n) is 14.6. The largest absolute Gasteiger partial charge is 0.449 e. The Balaban J connectivity index is 1.55. The fourth-order valence-electron chi connectivity index (χ4n) is 2.42. The first kappa shape index (κ1) is 17.9. The van der Waals surface area contributed by atoms with Crippen LogP contribution in [0.1, 0.15) is 23.0 Å². The maximum absolute atomic E-state index is 12.2. The Bertz CT molecular complexity index is 768. The van der Waals surface area contributed by atoms with Gasteiger partial charge in [0, 0.05) is 25.4 Å². The first-order chi connectivity index (χ1) is 12.5. The predicted molar refractivity (Wildman–Crippen MR) is 92.0 cm³/mol. The quantitative estimate of drug-likeness (QED) is 0.798. The van der Waals surface area contributed by atoms with E-state index in [0.717, 1.165) is 18.9 Å². The van der Waals surface area contributed by atoms with E-state index in [1.54, 1.807) is 25.1 Å². The van der Waals surface area contributed by atoms with Gasteiger partial charge < -0.3 is 24.2 Å². The zero-order valence-corrected chi connectivity index (χ0v) is 14.6. The van der Waals surface area contributed by atoms with E-state index in [2.05, 4.69) is 20.4 Å². The highest BCUT2D eigenvalue weighted by atomic mass is 16.5. The van der Waals surface area contributed by atoms with Crippen molar-refractivity contribution in [3.63, 3.8) is 0 Å². The molecule has 1 aliphatic heterocycles. The Hall–Kier alpha value is -2.94. The smallest absolute Gasteiger partial charge is 0.340 e. The average molecular weight is 360 g/mol. The van der Waals surface area contributed by atoms with Gasteiger partial charge in [-0.15, -0.1) is 0 Å². The molecule has 1 aliphatic rings. The molecule has 0 radical (unpaired) electrons. The molecular weight excluding hydrogens is 340 g/mol. The van der Waals surface area contributed by atoms with Crippen molar-refractivity contribution in [3.05, 3.63) is 35.7 Å². The lowest BCUT2D eigenvalue weighted by atomic mass is 10.2. The minimum atomic E-state index is -0.988. The van der Waals surface area contributed by atoms with Crippen molar-refractivity contribution in [3.8, 4) is 0 Å². The second-order valence-electron chi connectivity index (χ2n) is 5.86. The van der Waals surface area contributed by atoms with Gasteiger partial charge in [0.1, 0.15) is 11.6 Å². The molecular formula is C17H20N4O5. The SMILES string of the molecule is Cc1cc(NC(=O)[C@H](C)OC(=O)c2ccc(N3CCOCC3)nc2)no1. The highest BCUT2D eigenvalue weighted by Gasteiger charge is 2.21. The van der Waals surface area contributed by atoms with Crippen molar-refractivity contribution in [2.45, 2.75) is 20.0 Å². The van der Waals surface area contributed by atoms with Crippen LogP contribution in [0.25, 0.3) is 0 Å². The van der Waals surface area contributed by atoms with Crippen molar-refractivity contribution in [2.24, 2.45) is 0 Å². The van der Waals surface area contributed by atoms with Gasteiger partial charge in [0.15, 0.2) is 11.9 Å². The number of nitrogens with zero attached hydrogens (tertiary/aromatic N) is 3. The molecule has 138 valence electrons. The summed E-state index contributed by atoms with van der Waals surface area (Å²) < 4.78 is 15.3. The maximum atomic E-state index is 12.2. The number of morpholine rings is 1. The Morgan fingerprint density at radius 1 is 1.31 bits per heavy atom. The number of hydrogen-bond acceptors (Lipinski definition) is 8. The Morgan fingerprint density at radius 3 is 2.69 bits per heavy atom. The van der Waals surface area contributed by atoms with E-state index < -0.39 is 18.0 Å². The molecule has 1 atom stereocenters. The van der Waals surface area contributed by atoms with E-state index in [0.29, 0.717) is 19.0 Å². The molecule has 9 nitrogen and oxygen atoms in total. The second-order valence-corrected chi connectivity index (χ2v) is 5.86. The number of anilines is 2. The minimum Gasteiger partial charge on any atom is -0.449 e. The fourth-order valence-corrected chi connectivity index (χ4v) is 2.42. The van der Waals surface area contributed by atoms with Crippen LogP contribution in [0.15, 0.2) is 28.9 Å². The molecule has 0 aliphatic carbocycles. The van der Waals surface area contributed by atoms with Gasteiger partial charge in [-0.25, -0.2) is 9.78 Å². The van der Waals surface area contributed by atoms with Crippen molar-refractivity contribution < 1.29 is 23.6 Å². The summed E-state index contributed by atoms with van der Waals surface area (Å²) in [6, 6.07) is 4.96. The van der Waals surface area contributed by atoms with Crippen molar-refractivity contribution in [1.82, 2.24) is 10.1 Å². The van der Waals surface area contributed by atoms with E-state index in [4.69, 9.17) is 14.0 Å². The van der Waals surface area contributed by atoms with Crippen molar-refractivity contribution >= 4 is 23.5 Å². The summed E-state index contributed by atoms with van der Waals surface area (Å²) in [4.78, 5) is 30.6. The third kappa shape index (κ3) is 4.37. The van der Waals surface area contributed by atoms with Gasteiger partial charge in [0.25, 0.3) is 5.91 Å². The number of nitrogens with one attached hydrogen (secondary N) is 1. The van der Waals surface area contributed by atoms with Crippen LogP contribution in [0, 0.1) is 6.92 Å². The standard InChI is InChI=1S/C17H20N4O5/c1-11-9-14(20-26-11)19-16(22)12(2)25-17(23)13-3-4-15(18-10-13)21-5-7-24-8-6-21/h3-4,9-10,12H,5-8H2,1-2H3,(H,19,20,22)/t12-/m0/s1. The van der Waals surface area contributed by atoms with Crippen molar-refractivity contribution in [2.75, 3.05) is 36.5 Å². The number of rotatable bonds is 5. The summed E-state index contributed by atoms with van der Waals surface area (Å²) in [6.07, 6.45) is 0.456. The summed E-state index contributed by atoms with van der Waals surface area (Å²) in [5.74, 6) is 0.495. The van der Waals surface area contributed by atoms with Crippen LogP contribution in [0.3, 0.4) is 0 Å². The number of pyridine rings is 1. The molecule has 2 aromatic heterocycles. The van der Waals surface area contributed by atoms with Gasteiger partial charge >= 0.3 is 5.97 Å². The summed E-state index contributed by atoms with van der Waals surface area (Å²) >= 11 is 0. The molecule has 26 heavy (non-hydrogen) atoms.